The van der Waals surface area contributed by atoms with Crippen molar-refractivity contribution in [1.82, 2.24) is 0 Å². The van der Waals surface area contributed by atoms with Crippen LogP contribution in [-0.2, 0) is 6.42 Å². The van der Waals surface area contributed by atoms with E-state index < -0.39 is 0 Å². The molecule has 0 fully saturated rings. The molecule has 2 rings (SSSR count). The minimum atomic E-state index is 0.208. The van der Waals surface area contributed by atoms with Crippen LogP contribution in [0.2, 0.25) is 0 Å². The van der Waals surface area contributed by atoms with Crippen LogP contribution in [-0.4, -0.2) is 12.4 Å². The molecule has 0 aromatic heterocycles. The molecule has 2 heteroatoms. The second-order valence-electron chi connectivity index (χ2n) is 3.56. The SMILES string of the molecule is CCc1ccc2c(c1)OCCCC2=O. The zero-order valence-electron chi connectivity index (χ0n) is 8.38. The fourth-order valence-electron chi connectivity index (χ4n) is 1.69. The second-order valence-corrected chi connectivity index (χ2v) is 3.56. The molecule has 1 aliphatic rings. The van der Waals surface area contributed by atoms with Gasteiger partial charge in [0.25, 0.3) is 0 Å². The second kappa shape index (κ2) is 3.82. The standard InChI is InChI=1S/C12H14O2/c1-2-9-5-6-10-11(13)4-3-7-14-12(10)8-9/h5-6,8H,2-4,7H2,1H3. The van der Waals surface area contributed by atoms with E-state index in [0.29, 0.717) is 13.0 Å². The van der Waals surface area contributed by atoms with E-state index >= 15 is 0 Å². The van der Waals surface area contributed by atoms with Gasteiger partial charge in [0.1, 0.15) is 5.75 Å². The van der Waals surface area contributed by atoms with Gasteiger partial charge < -0.3 is 4.74 Å². The number of Topliss-reactive ketones (excluding diaryl/α,β-unsaturated/α-hetero) is 1. The van der Waals surface area contributed by atoms with Crippen LogP contribution < -0.4 is 4.74 Å². The van der Waals surface area contributed by atoms with Gasteiger partial charge >= 0.3 is 0 Å². The summed E-state index contributed by atoms with van der Waals surface area (Å²) in [4.78, 5) is 11.6. The molecule has 0 spiro atoms. The zero-order chi connectivity index (χ0) is 9.97. The summed E-state index contributed by atoms with van der Waals surface area (Å²) in [6, 6.07) is 5.88. The van der Waals surface area contributed by atoms with E-state index in [2.05, 4.69) is 6.92 Å². The lowest BCUT2D eigenvalue weighted by molar-refractivity contribution is 0.0983. The van der Waals surface area contributed by atoms with Crippen molar-refractivity contribution in [2.75, 3.05) is 6.61 Å². The highest BCUT2D eigenvalue weighted by Gasteiger charge is 2.16. The van der Waals surface area contributed by atoms with E-state index in [-0.39, 0.29) is 5.78 Å². The molecule has 0 saturated heterocycles. The number of benzene rings is 1. The molecule has 1 aromatic rings. The quantitative estimate of drug-likeness (QED) is 0.680. The highest BCUT2D eigenvalue weighted by molar-refractivity contribution is 5.99. The molecule has 0 saturated carbocycles. The highest BCUT2D eigenvalue weighted by Crippen LogP contribution is 2.25. The summed E-state index contributed by atoms with van der Waals surface area (Å²) in [5, 5.41) is 0. The molecule has 0 amide bonds. The summed E-state index contributed by atoms with van der Waals surface area (Å²) in [5.74, 6) is 0.979. The van der Waals surface area contributed by atoms with Crippen LogP contribution in [0.25, 0.3) is 0 Å². The first-order chi connectivity index (χ1) is 6.81. The summed E-state index contributed by atoms with van der Waals surface area (Å²) >= 11 is 0. The number of aryl methyl sites for hydroxylation is 1. The number of carbonyl (C=O) groups is 1. The Morgan fingerprint density at radius 3 is 3.07 bits per heavy atom. The van der Waals surface area contributed by atoms with Crippen molar-refractivity contribution >= 4 is 5.78 Å². The predicted molar refractivity (Wildman–Crippen MR) is 54.9 cm³/mol. The minimum absolute atomic E-state index is 0.208. The van der Waals surface area contributed by atoms with Gasteiger partial charge in [-0.2, -0.15) is 0 Å². The Bertz CT molecular complexity index is 355. The van der Waals surface area contributed by atoms with Crippen molar-refractivity contribution < 1.29 is 9.53 Å². The van der Waals surface area contributed by atoms with Crippen LogP contribution in [0.3, 0.4) is 0 Å². The number of hydrogen-bond acceptors (Lipinski definition) is 2. The molecular weight excluding hydrogens is 176 g/mol. The fraction of sp³-hybridized carbons (Fsp3) is 0.417. The van der Waals surface area contributed by atoms with Crippen LogP contribution in [0.4, 0.5) is 0 Å². The molecule has 0 aliphatic carbocycles. The summed E-state index contributed by atoms with van der Waals surface area (Å²) < 4.78 is 5.54. The monoisotopic (exact) mass is 190 g/mol. The van der Waals surface area contributed by atoms with Crippen LogP contribution in [0.5, 0.6) is 5.75 Å². The molecule has 1 heterocycles. The first-order valence-electron chi connectivity index (χ1n) is 5.10. The Labute approximate surface area is 83.9 Å². The number of hydrogen-bond donors (Lipinski definition) is 0. The van der Waals surface area contributed by atoms with Crippen LogP contribution in [0.15, 0.2) is 18.2 Å². The largest absolute Gasteiger partial charge is 0.493 e. The van der Waals surface area contributed by atoms with Crippen molar-refractivity contribution in [2.45, 2.75) is 26.2 Å². The Morgan fingerprint density at radius 2 is 2.29 bits per heavy atom. The van der Waals surface area contributed by atoms with E-state index in [0.717, 1.165) is 24.2 Å². The van der Waals surface area contributed by atoms with Gasteiger partial charge in [0.05, 0.1) is 12.2 Å². The molecule has 0 N–H and O–H groups in total. The van der Waals surface area contributed by atoms with E-state index in [1.807, 2.05) is 18.2 Å². The van der Waals surface area contributed by atoms with E-state index in [1.54, 1.807) is 0 Å². The fourth-order valence-corrected chi connectivity index (χ4v) is 1.69. The molecule has 0 radical (unpaired) electrons. The molecule has 0 unspecified atom stereocenters. The number of ketones is 1. The van der Waals surface area contributed by atoms with Gasteiger partial charge in [-0.1, -0.05) is 13.0 Å². The maximum atomic E-state index is 11.6. The minimum Gasteiger partial charge on any atom is -0.493 e. The van der Waals surface area contributed by atoms with Crippen molar-refractivity contribution in [1.29, 1.82) is 0 Å². The van der Waals surface area contributed by atoms with Crippen molar-refractivity contribution in [3.05, 3.63) is 29.3 Å². The lowest BCUT2D eigenvalue weighted by Crippen LogP contribution is -1.98. The Hall–Kier alpha value is -1.31. The third-order valence-electron chi connectivity index (χ3n) is 2.56. The van der Waals surface area contributed by atoms with Gasteiger partial charge in [-0.05, 0) is 30.5 Å². The molecule has 2 nitrogen and oxygen atoms in total. The van der Waals surface area contributed by atoms with Gasteiger partial charge in [-0.25, -0.2) is 0 Å². The van der Waals surface area contributed by atoms with Crippen LogP contribution in [0.1, 0.15) is 35.7 Å². The van der Waals surface area contributed by atoms with Crippen molar-refractivity contribution in [3.63, 3.8) is 0 Å². The van der Waals surface area contributed by atoms with E-state index in [9.17, 15) is 4.79 Å². The number of rotatable bonds is 1. The molecule has 1 aromatic carbocycles. The Morgan fingerprint density at radius 1 is 1.43 bits per heavy atom. The van der Waals surface area contributed by atoms with Gasteiger partial charge in [0.15, 0.2) is 5.78 Å². The molecule has 74 valence electrons. The lowest BCUT2D eigenvalue weighted by Gasteiger charge is -2.07. The maximum absolute atomic E-state index is 11.6. The number of ether oxygens (including phenoxy) is 1. The highest BCUT2D eigenvalue weighted by atomic mass is 16.5. The summed E-state index contributed by atoms with van der Waals surface area (Å²) in [6.45, 7) is 2.76. The molecule has 14 heavy (non-hydrogen) atoms. The molecule has 1 aliphatic heterocycles. The van der Waals surface area contributed by atoms with Crippen LogP contribution in [0, 0.1) is 0 Å². The molecule has 0 atom stereocenters. The van der Waals surface area contributed by atoms with E-state index in [1.165, 1.54) is 5.56 Å². The smallest absolute Gasteiger partial charge is 0.166 e. The maximum Gasteiger partial charge on any atom is 0.166 e. The van der Waals surface area contributed by atoms with Gasteiger partial charge in [0, 0.05) is 6.42 Å². The first-order valence-corrected chi connectivity index (χ1v) is 5.10. The van der Waals surface area contributed by atoms with Gasteiger partial charge in [-0.3, -0.25) is 4.79 Å². The Kier molecular flexibility index (Phi) is 2.53. The summed E-state index contributed by atoms with van der Waals surface area (Å²) in [5.41, 5.74) is 1.97. The average molecular weight is 190 g/mol. The zero-order valence-corrected chi connectivity index (χ0v) is 8.38. The normalized spacial score (nSPS) is 15.6. The van der Waals surface area contributed by atoms with Crippen LogP contribution >= 0.6 is 0 Å². The Balaban J connectivity index is 2.43. The van der Waals surface area contributed by atoms with E-state index in [4.69, 9.17) is 4.74 Å². The van der Waals surface area contributed by atoms with Gasteiger partial charge in [-0.15, -0.1) is 0 Å². The number of carbonyl (C=O) groups excluding carboxylic acids is 1. The average Bonchev–Trinajstić information content (AvgIpc) is 2.40. The number of fused-ring (bicyclic) bond motifs is 1. The summed E-state index contributed by atoms with van der Waals surface area (Å²) in [6.07, 6.45) is 2.41. The van der Waals surface area contributed by atoms with Crippen molar-refractivity contribution in [2.24, 2.45) is 0 Å². The topological polar surface area (TPSA) is 26.3 Å². The lowest BCUT2D eigenvalue weighted by atomic mass is 10.0. The molecular formula is C12H14O2. The third-order valence-corrected chi connectivity index (χ3v) is 2.56. The van der Waals surface area contributed by atoms with Gasteiger partial charge in [0.2, 0.25) is 0 Å². The third kappa shape index (κ3) is 1.65. The van der Waals surface area contributed by atoms with Crippen molar-refractivity contribution in [3.8, 4) is 5.75 Å². The summed E-state index contributed by atoms with van der Waals surface area (Å²) in [7, 11) is 0. The first kappa shape index (κ1) is 9.25. The predicted octanol–water partition coefficient (Wildman–Crippen LogP) is 2.60. The molecule has 0 bridgehead atoms.